The molecule has 0 atom stereocenters. The predicted molar refractivity (Wildman–Crippen MR) is 108 cm³/mol. The second kappa shape index (κ2) is 12.3. The summed E-state index contributed by atoms with van der Waals surface area (Å²) in [6.45, 7) is 12.6. The van der Waals surface area contributed by atoms with E-state index in [1.165, 1.54) is 13.3 Å². The van der Waals surface area contributed by atoms with Crippen LogP contribution in [0.4, 0.5) is 18.9 Å². The average molecular weight is 401 g/mol. The molecule has 0 unspecified atom stereocenters. The van der Waals surface area contributed by atoms with Crippen LogP contribution in [0.5, 0.6) is 0 Å². The number of halogens is 3. The molecule has 0 aliphatic heterocycles. The van der Waals surface area contributed by atoms with Gasteiger partial charge in [-0.05, 0) is 45.0 Å². The largest absolute Gasteiger partial charge is 0.419 e. The van der Waals surface area contributed by atoms with E-state index in [0.29, 0.717) is 11.0 Å². The Kier molecular flexibility index (Phi) is 11.3. The molecule has 8 heteroatoms. The Morgan fingerprint density at radius 2 is 1.78 bits per heavy atom. The molecule has 0 spiro atoms. The van der Waals surface area contributed by atoms with Crippen LogP contribution in [-0.2, 0) is 4.57 Å². The summed E-state index contributed by atoms with van der Waals surface area (Å²) < 4.78 is 50.0. The Morgan fingerprint density at radius 3 is 2.15 bits per heavy atom. The van der Waals surface area contributed by atoms with Gasteiger partial charge in [-0.1, -0.05) is 32.9 Å². The van der Waals surface area contributed by atoms with Crippen LogP contribution >= 0.6 is 8.46 Å². The quantitative estimate of drug-likeness (QED) is 0.359. The van der Waals surface area contributed by atoms with E-state index in [1.807, 2.05) is 0 Å². The highest BCUT2D eigenvalue weighted by Crippen LogP contribution is 2.26. The van der Waals surface area contributed by atoms with Gasteiger partial charge in [0.2, 0.25) is 0 Å². The fourth-order valence-corrected chi connectivity index (χ4v) is 2.09. The smallest absolute Gasteiger partial charge is 0.342 e. The first-order valence-electron chi connectivity index (χ1n) is 8.56. The first-order chi connectivity index (χ1) is 12.6. The van der Waals surface area contributed by atoms with Crippen LogP contribution in [0.15, 0.2) is 53.3 Å². The summed E-state index contributed by atoms with van der Waals surface area (Å²) >= 11 is 0. The van der Waals surface area contributed by atoms with Crippen LogP contribution in [-0.4, -0.2) is 18.1 Å². The van der Waals surface area contributed by atoms with Crippen LogP contribution in [0.3, 0.4) is 0 Å². The minimum atomic E-state index is -4.52. The van der Waals surface area contributed by atoms with Crippen LogP contribution in [0.1, 0.15) is 41.0 Å². The van der Waals surface area contributed by atoms with Gasteiger partial charge in [0.05, 0.1) is 5.57 Å². The average Bonchev–Trinajstić information content (AvgIpc) is 2.54. The highest BCUT2D eigenvalue weighted by Gasteiger charge is 2.36. The fraction of sp³-hybridized carbons (Fsp3) is 0.421. The number of rotatable bonds is 6. The van der Waals surface area contributed by atoms with Crippen molar-refractivity contribution in [2.45, 2.75) is 53.3 Å². The lowest BCUT2D eigenvalue weighted by atomic mass is 10.2. The molecule has 0 aliphatic rings. The number of allylic oxidation sites excluding steroid dienone is 1. The summed E-state index contributed by atoms with van der Waals surface area (Å²) in [6, 6.07) is 6.22. The number of nitrogens with zero attached hydrogens (tertiary/aromatic N) is 1. The van der Waals surface area contributed by atoms with Gasteiger partial charge in [-0.3, -0.25) is 9.56 Å². The molecule has 27 heavy (non-hydrogen) atoms. The van der Waals surface area contributed by atoms with Gasteiger partial charge in [0.1, 0.15) is 11.7 Å². The van der Waals surface area contributed by atoms with Gasteiger partial charge < -0.3 is 10.6 Å². The molecule has 0 heterocycles. The van der Waals surface area contributed by atoms with E-state index >= 15 is 0 Å². The summed E-state index contributed by atoms with van der Waals surface area (Å²) in [7, 11) is -0.103. The molecule has 1 aromatic carbocycles. The van der Waals surface area contributed by atoms with Gasteiger partial charge in [-0.2, -0.15) is 13.2 Å². The number of aliphatic imine (C=N–C) groups is 1. The Balaban J connectivity index is 0.00000210. The van der Waals surface area contributed by atoms with Crippen molar-refractivity contribution >= 4 is 25.3 Å². The molecular weight excluding hydrogens is 374 g/mol. The maximum Gasteiger partial charge on any atom is 0.419 e. The number of hydrogen-bond donors (Lipinski definition) is 2. The summed E-state index contributed by atoms with van der Waals surface area (Å²) in [6.07, 6.45) is -2.31. The summed E-state index contributed by atoms with van der Waals surface area (Å²) in [5.74, 6) is -0.155. The SMILES string of the molecule is C=C(NC(=NC(C)C)/C(=C\C)C(F)(F)F)Nc1ccc(P=O)cc1.CCC. The Morgan fingerprint density at radius 1 is 1.26 bits per heavy atom. The van der Waals surface area contributed by atoms with Crippen LogP contribution in [0.2, 0.25) is 0 Å². The van der Waals surface area contributed by atoms with Gasteiger partial charge in [0.15, 0.2) is 8.46 Å². The standard InChI is InChI=1S/C16H19F3N3OP.C3H8/c1-5-14(16(17,18)19)15(20-10(2)3)22-11(4)21-12-6-8-13(24-23)9-7-12;1-3-2/h5-10,21H,4H2,1-3H3,(H,20,22);3H2,1-2H3/b14-5+;. The molecular formula is C19H27F3N3OP. The van der Waals surface area contributed by atoms with Crippen molar-refractivity contribution in [3.8, 4) is 0 Å². The second-order valence-electron chi connectivity index (χ2n) is 5.85. The minimum Gasteiger partial charge on any atom is -0.342 e. The predicted octanol–water partition coefficient (Wildman–Crippen LogP) is 5.81. The van der Waals surface area contributed by atoms with Crippen molar-refractivity contribution in [3.05, 3.63) is 48.3 Å². The van der Waals surface area contributed by atoms with Crippen molar-refractivity contribution in [2.75, 3.05) is 5.32 Å². The van der Waals surface area contributed by atoms with E-state index < -0.39 is 11.7 Å². The van der Waals surface area contributed by atoms with E-state index in [-0.39, 0.29) is 26.2 Å². The maximum absolute atomic E-state index is 13.1. The number of nitrogens with one attached hydrogen (secondary N) is 2. The van der Waals surface area contributed by atoms with Crippen molar-refractivity contribution < 1.29 is 17.7 Å². The third-order valence-corrected chi connectivity index (χ3v) is 3.28. The number of benzene rings is 1. The number of hydrogen-bond acceptors (Lipinski definition) is 3. The van der Waals surface area contributed by atoms with Gasteiger partial charge in [-0.15, -0.1) is 0 Å². The summed E-state index contributed by atoms with van der Waals surface area (Å²) in [4.78, 5) is 4.00. The molecule has 0 fully saturated rings. The highest BCUT2D eigenvalue weighted by molar-refractivity contribution is 7.34. The molecule has 1 rings (SSSR count). The minimum absolute atomic E-state index is 0.103. The lowest BCUT2D eigenvalue weighted by Crippen LogP contribution is -2.34. The van der Waals surface area contributed by atoms with Crippen molar-refractivity contribution in [1.29, 1.82) is 0 Å². The molecule has 0 radical (unpaired) electrons. The maximum atomic E-state index is 13.1. The lowest BCUT2D eigenvalue weighted by Gasteiger charge is -2.19. The van der Waals surface area contributed by atoms with Crippen LogP contribution in [0, 0.1) is 0 Å². The van der Waals surface area contributed by atoms with Crippen molar-refractivity contribution in [1.82, 2.24) is 5.32 Å². The topological polar surface area (TPSA) is 53.5 Å². The molecule has 0 amide bonds. The zero-order chi connectivity index (χ0) is 21.0. The zero-order valence-corrected chi connectivity index (χ0v) is 17.2. The van der Waals surface area contributed by atoms with E-state index in [1.54, 1.807) is 38.1 Å². The fourth-order valence-electron chi connectivity index (χ4n) is 1.82. The van der Waals surface area contributed by atoms with E-state index in [9.17, 15) is 17.7 Å². The molecule has 0 saturated carbocycles. The van der Waals surface area contributed by atoms with Crippen molar-refractivity contribution in [3.63, 3.8) is 0 Å². The second-order valence-corrected chi connectivity index (χ2v) is 6.54. The Hall–Kier alpha value is -2.14. The Labute approximate surface area is 160 Å². The molecule has 150 valence electrons. The molecule has 1 aromatic rings. The number of anilines is 1. The molecule has 4 nitrogen and oxygen atoms in total. The highest BCUT2D eigenvalue weighted by atomic mass is 31.1. The first-order valence-corrected chi connectivity index (χ1v) is 9.38. The Bertz CT molecular complexity index is 666. The summed E-state index contributed by atoms with van der Waals surface area (Å²) in [5, 5.41) is 6.01. The molecule has 0 aliphatic carbocycles. The molecule has 0 bridgehead atoms. The van der Waals surface area contributed by atoms with E-state index in [2.05, 4.69) is 36.1 Å². The normalized spacial score (nSPS) is 12.5. The van der Waals surface area contributed by atoms with Crippen LogP contribution in [0.25, 0.3) is 0 Å². The number of alkyl halides is 3. The number of amidine groups is 1. The van der Waals surface area contributed by atoms with Crippen LogP contribution < -0.4 is 15.9 Å². The van der Waals surface area contributed by atoms with Gasteiger partial charge >= 0.3 is 6.18 Å². The first kappa shape index (κ1) is 24.9. The molecule has 2 N–H and O–H groups in total. The molecule has 0 aromatic heterocycles. The monoisotopic (exact) mass is 401 g/mol. The van der Waals surface area contributed by atoms with Gasteiger partial charge in [0, 0.05) is 17.0 Å². The van der Waals surface area contributed by atoms with Crippen molar-refractivity contribution in [2.24, 2.45) is 4.99 Å². The third kappa shape index (κ3) is 9.94. The molecule has 0 saturated heterocycles. The lowest BCUT2D eigenvalue weighted by molar-refractivity contribution is -0.0864. The van der Waals surface area contributed by atoms with Gasteiger partial charge in [-0.25, -0.2) is 0 Å². The summed E-state index contributed by atoms with van der Waals surface area (Å²) in [5.41, 5.74) is -0.266. The van der Waals surface area contributed by atoms with E-state index in [0.717, 1.165) is 6.08 Å². The van der Waals surface area contributed by atoms with E-state index in [4.69, 9.17) is 0 Å². The zero-order valence-electron chi connectivity index (χ0n) is 16.3. The third-order valence-electron chi connectivity index (χ3n) is 2.77. The van der Waals surface area contributed by atoms with Gasteiger partial charge in [0.25, 0.3) is 0 Å².